The molecule has 2 heterocycles. The first-order valence-corrected chi connectivity index (χ1v) is 7.42. The second-order valence-corrected chi connectivity index (χ2v) is 5.09. The monoisotopic (exact) mass is 328 g/mol. The van der Waals surface area contributed by atoms with Crippen LogP contribution in [-0.2, 0) is 4.74 Å². The number of hydrogen-bond acceptors (Lipinski definition) is 8. The molecular formula is C15H16N6O3. The number of nitro benzene ring substituents is 1. The van der Waals surface area contributed by atoms with Gasteiger partial charge in [-0.2, -0.15) is 5.10 Å². The van der Waals surface area contributed by atoms with Gasteiger partial charge in [0.25, 0.3) is 5.69 Å². The number of hydrazone groups is 1. The van der Waals surface area contributed by atoms with Gasteiger partial charge in [0.2, 0.25) is 0 Å². The van der Waals surface area contributed by atoms with Crippen molar-refractivity contribution in [3.8, 4) is 0 Å². The molecule has 24 heavy (non-hydrogen) atoms. The predicted octanol–water partition coefficient (Wildman–Crippen LogP) is 1.67. The minimum Gasteiger partial charge on any atom is -0.378 e. The number of hydrogen-bond donors (Lipinski definition) is 1. The molecular weight excluding hydrogens is 312 g/mol. The van der Waals surface area contributed by atoms with E-state index in [2.05, 4.69) is 25.6 Å². The smallest absolute Gasteiger partial charge is 0.269 e. The van der Waals surface area contributed by atoms with Crippen molar-refractivity contribution in [2.45, 2.75) is 0 Å². The third kappa shape index (κ3) is 4.02. The van der Waals surface area contributed by atoms with Gasteiger partial charge in [0.1, 0.15) is 0 Å². The van der Waals surface area contributed by atoms with Crippen molar-refractivity contribution in [2.75, 3.05) is 36.6 Å². The molecule has 1 aromatic carbocycles. The summed E-state index contributed by atoms with van der Waals surface area (Å²) in [6.07, 6.45) is 1.56. The van der Waals surface area contributed by atoms with Crippen molar-refractivity contribution < 1.29 is 9.66 Å². The number of ether oxygens (including phenoxy) is 1. The molecule has 1 aliphatic heterocycles. The van der Waals surface area contributed by atoms with Crippen LogP contribution in [0.2, 0.25) is 0 Å². The van der Waals surface area contributed by atoms with Crippen molar-refractivity contribution in [2.24, 2.45) is 5.10 Å². The largest absolute Gasteiger partial charge is 0.378 e. The number of non-ortho nitro benzene ring substituents is 1. The molecule has 0 spiro atoms. The van der Waals surface area contributed by atoms with Crippen LogP contribution in [-0.4, -0.2) is 47.6 Å². The molecule has 0 atom stereocenters. The van der Waals surface area contributed by atoms with Crippen LogP contribution < -0.4 is 10.3 Å². The maximum absolute atomic E-state index is 10.6. The third-order valence-corrected chi connectivity index (χ3v) is 3.48. The molecule has 0 bridgehead atoms. The van der Waals surface area contributed by atoms with E-state index in [9.17, 15) is 10.1 Å². The summed E-state index contributed by atoms with van der Waals surface area (Å²) in [6, 6.07) is 9.77. The molecule has 3 rings (SSSR count). The van der Waals surface area contributed by atoms with E-state index in [-0.39, 0.29) is 5.69 Å². The Balaban J connectivity index is 1.56. The number of nitrogens with one attached hydrogen (secondary N) is 1. The molecule has 1 N–H and O–H groups in total. The van der Waals surface area contributed by atoms with E-state index in [1.807, 2.05) is 6.07 Å². The lowest BCUT2D eigenvalue weighted by molar-refractivity contribution is -0.384. The average Bonchev–Trinajstić information content (AvgIpc) is 2.63. The summed E-state index contributed by atoms with van der Waals surface area (Å²) in [5.74, 6) is 1.33. The molecule has 0 unspecified atom stereocenters. The van der Waals surface area contributed by atoms with Crippen LogP contribution in [0, 0.1) is 10.1 Å². The Bertz CT molecular complexity index is 711. The van der Waals surface area contributed by atoms with Gasteiger partial charge in [0.15, 0.2) is 11.6 Å². The molecule has 1 fully saturated rings. The van der Waals surface area contributed by atoms with Crippen LogP contribution in [0.3, 0.4) is 0 Å². The summed E-state index contributed by atoms with van der Waals surface area (Å²) < 4.78 is 5.30. The van der Waals surface area contributed by atoms with E-state index in [1.54, 1.807) is 24.4 Å². The van der Waals surface area contributed by atoms with Gasteiger partial charge < -0.3 is 9.64 Å². The van der Waals surface area contributed by atoms with Gasteiger partial charge in [0, 0.05) is 25.2 Å². The molecule has 1 saturated heterocycles. The SMILES string of the molecule is O=[N+]([O-])c1ccc(/C=N/Nc2ccc(N3CCOCC3)nn2)cc1. The normalized spacial score (nSPS) is 14.8. The van der Waals surface area contributed by atoms with Gasteiger partial charge in [-0.05, 0) is 29.8 Å². The van der Waals surface area contributed by atoms with Crippen molar-refractivity contribution >= 4 is 23.5 Å². The molecule has 0 saturated carbocycles. The lowest BCUT2D eigenvalue weighted by Crippen LogP contribution is -2.36. The molecule has 2 aromatic rings. The Morgan fingerprint density at radius 2 is 1.92 bits per heavy atom. The number of nitro groups is 1. The van der Waals surface area contributed by atoms with Gasteiger partial charge in [-0.25, -0.2) is 0 Å². The third-order valence-electron chi connectivity index (χ3n) is 3.48. The standard InChI is InChI=1S/C15H16N6O3/c22-21(23)13-3-1-12(2-4-13)11-16-17-14-5-6-15(19-18-14)20-7-9-24-10-8-20/h1-6,11H,7-10H2,(H,17,18)/b16-11+. The average molecular weight is 328 g/mol. The highest BCUT2D eigenvalue weighted by Crippen LogP contribution is 2.13. The number of benzene rings is 1. The van der Waals surface area contributed by atoms with Crippen LogP contribution in [0.25, 0.3) is 0 Å². The van der Waals surface area contributed by atoms with Crippen LogP contribution in [0.4, 0.5) is 17.3 Å². The molecule has 9 heteroatoms. The summed E-state index contributed by atoms with van der Waals surface area (Å²) in [5.41, 5.74) is 3.57. The molecule has 0 radical (unpaired) electrons. The first-order chi connectivity index (χ1) is 11.7. The summed E-state index contributed by atoms with van der Waals surface area (Å²) in [6.45, 7) is 3.00. The van der Waals surface area contributed by atoms with Gasteiger partial charge in [-0.15, -0.1) is 10.2 Å². The molecule has 0 aliphatic carbocycles. The fourth-order valence-electron chi connectivity index (χ4n) is 2.20. The maximum Gasteiger partial charge on any atom is 0.269 e. The molecule has 1 aliphatic rings. The highest BCUT2D eigenvalue weighted by atomic mass is 16.6. The fourth-order valence-corrected chi connectivity index (χ4v) is 2.20. The van der Waals surface area contributed by atoms with Crippen LogP contribution in [0.15, 0.2) is 41.5 Å². The quantitative estimate of drug-likeness (QED) is 0.505. The number of nitrogens with zero attached hydrogens (tertiary/aromatic N) is 5. The van der Waals surface area contributed by atoms with E-state index in [0.717, 1.165) is 24.5 Å². The van der Waals surface area contributed by atoms with Crippen LogP contribution in [0.5, 0.6) is 0 Å². The van der Waals surface area contributed by atoms with Gasteiger partial charge >= 0.3 is 0 Å². The lowest BCUT2D eigenvalue weighted by atomic mass is 10.2. The van der Waals surface area contributed by atoms with Gasteiger partial charge in [-0.3, -0.25) is 15.5 Å². The van der Waals surface area contributed by atoms with Gasteiger partial charge in [-0.1, -0.05) is 0 Å². The van der Waals surface area contributed by atoms with E-state index in [1.165, 1.54) is 12.1 Å². The molecule has 1 aromatic heterocycles. The Morgan fingerprint density at radius 3 is 2.54 bits per heavy atom. The summed E-state index contributed by atoms with van der Waals surface area (Å²) in [4.78, 5) is 12.3. The Morgan fingerprint density at radius 1 is 1.17 bits per heavy atom. The zero-order valence-corrected chi connectivity index (χ0v) is 12.8. The van der Waals surface area contributed by atoms with Crippen molar-refractivity contribution in [3.63, 3.8) is 0 Å². The number of aromatic nitrogens is 2. The van der Waals surface area contributed by atoms with E-state index in [4.69, 9.17) is 4.74 Å². The lowest BCUT2D eigenvalue weighted by Gasteiger charge is -2.27. The Kier molecular flexibility index (Phi) is 4.92. The number of morpholine rings is 1. The number of anilines is 2. The first-order valence-electron chi connectivity index (χ1n) is 7.42. The topological polar surface area (TPSA) is 106 Å². The molecule has 0 amide bonds. The second kappa shape index (κ2) is 7.47. The van der Waals surface area contributed by atoms with E-state index < -0.39 is 4.92 Å². The van der Waals surface area contributed by atoms with Crippen molar-refractivity contribution in [1.82, 2.24) is 10.2 Å². The molecule has 9 nitrogen and oxygen atoms in total. The highest BCUT2D eigenvalue weighted by molar-refractivity contribution is 5.80. The van der Waals surface area contributed by atoms with E-state index >= 15 is 0 Å². The highest BCUT2D eigenvalue weighted by Gasteiger charge is 2.12. The summed E-state index contributed by atoms with van der Waals surface area (Å²) in [5, 5.41) is 22.9. The van der Waals surface area contributed by atoms with Crippen LogP contribution in [0.1, 0.15) is 5.56 Å². The van der Waals surface area contributed by atoms with Crippen LogP contribution >= 0.6 is 0 Å². The minimum atomic E-state index is -0.440. The fraction of sp³-hybridized carbons (Fsp3) is 0.267. The molecule has 124 valence electrons. The second-order valence-electron chi connectivity index (χ2n) is 5.09. The zero-order chi connectivity index (χ0) is 16.8. The van der Waals surface area contributed by atoms with Gasteiger partial charge in [0.05, 0.1) is 24.4 Å². The maximum atomic E-state index is 10.6. The predicted molar refractivity (Wildman–Crippen MR) is 89.4 cm³/mol. The summed E-state index contributed by atoms with van der Waals surface area (Å²) >= 11 is 0. The zero-order valence-electron chi connectivity index (χ0n) is 12.8. The summed E-state index contributed by atoms with van der Waals surface area (Å²) in [7, 11) is 0. The van der Waals surface area contributed by atoms with Crippen molar-refractivity contribution in [3.05, 3.63) is 52.1 Å². The first kappa shape index (κ1) is 15.8. The number of rotatable bonds is 5. The minimum absolute atomic E-state index is 0.0460. The van der Waals surface area contributed by atoms with Crippen molar-refractivity contribution in [1.29, 1.82) is 0 Å². The van der Waals surface area contributed by atoms with E-state index in [0.29, 0.717) is 19.0 Å². The Labute approximate surface area is 138 Å². The Hall–Kier alpha value is -3.07.